The number of rotatable bonds is 5. The van der Waals surface area contributed by atoms with Gasteiger partial charge in [-0.25, -0.2) is 4.39 Å². The number of nitrogens with zero attached hydrogens (tertiary/aromatic N) is 1. The van der Waals surface area contributed by atoms with Crippen LogP contribution in [0.25, 0.3) is 10.1 Å². The van der Waals surface area contributed by atoms with Gasteiger partial charge in [0.15, 0.2) is 0 Å². The third kappa shape index (κ3) is 4.17. The molecular formula is C19H15Cl2FNO3PS. The molecular weight excluding hydrogens is 443 g/mol. The molecule has 3 rings (SSSR count). The van der Waals surface area contributed by atoms with Gasteiger partial charge in [0.1, 0.15) is 11.5 Å². The molecule has 4 nitrogen and oxygen atoms in total. The summed E-state index contributed by atoms with van der Waals surface area (Å²) in [7, 11) is -3.95. The van der Waals surface area contributed by atoms with Gasteiger partial charge >= 0.3 is 0 Å². The number of benzene rings is 2. The molecule has 9 heteroatoms. The van der Waals surface area contributed by atoms with Gasteiger partial charge in [-0.05, 0) is 52.7 Å². The molecule has 0 saturated carbocycles. The molecule has 1 N–H and O–H groups in total. The quantitative estimate of drug-likeness (QED) is 0.446. The van der Waals surface area contributed by atoms with Gasteiger partial charge < -0.3 is 4.89 Å². The molecule has 0 fully saturated rings. The normalized spacial score (nSPS) is 14.5. The molecule has 0 spiro atoms. The Morgan fingerprint density at radius 3 is 2.61 bits per heavy atom. The molecule has 1 heterocycles. The largest absolute Gasteiger partial charge is 0.344 e. The van der Waals surface area contributed by atoms with Gasteiger partial charge in [-0.3, -0.25) is 14.3 Å². The summed E-state index contributed by atoms with van der Waals surface area (Å²) in [4.78, 5) is 24.7. The first-order chi connectivity index (χ1) is 13.1. The molecule has 146 valence electrons. The standard InChI is InChI=1S/C19H15Cl2FNO3PS/c1-3-23(14-7-12(21)6-13(22)9-14)19(24)18(27(2,25)26)16-10-28-17-5-4-11(20)8-15(16)17/h3-10,18H,1H2,2H3,(H,25,26). The minimum atomic E-state index is -3.95. The number of carbonyl (C=O) groups is 1. The average Bonchev–Trinajstić information content (AvgIpc) is 2.96. The molecule has 2 aromatic carbocycles. The summed E-state index contributed by atoms with van der Waals surface area (Å²) in [5, 5.41) is 2.81. The van der Waals surface area contributed by atoms with Crippen molar-refractivity contribution in [3.05, 3.63) is 76.0 Å². The predicted molar refractivity (Wildman–Crippen MR) is 114 cm³/mol. The highest BCUT2D eigenvalue weighted by molar-refractivity contribution is 7.58. The molecule has 1 aromatic heterocycles. The molecule has 0 bridgehead atoms. The van der Waals surface area contributed by atoms with E-state index in [0.717, 1.165) is 34.6 Å². The Balaban J connectivity index is 2.15. The first-order valence-electron chi connectivity index (χ1n) is 8.00. The van der Waals surface area contributed by atoms with Gasteiger partial charge in [-0.15, -0.1) is 11.3 Å². The minimum absolute atomic E-state index is 0.0858. The van der Waals surface area contributed by atoms with Crippen LogP contribution in [-0.4, -0.2) is 17.5 Å². The number of anilines is 1. The lowest BCUT2D eigenvalue weighted by atomic mass is 10.1. The van der Waals surface area contributed by atoms with Crippen molar-refractivity contribution < 1.29 is 18.6 Å². The Kier molecular flexibility index (Phi) is 5.99. The molecule has 0 saturated heterocycles. The maximum Gasteiger partial charge on any atom is 0.248 e. The van der Waals surface area contributed by atoms with Crippen LogP contribution in [0.4, 0.5) is 10.1 Å². The maximum atomic E-state index is 13.8. The second kappa shape index (κ2) is 7.97. The molecule has 2 unspecified atom stereocenters. The Bertz CT molecular complexity index is 1110. The predicted octanol–water partition coefficient (Wildman–Crippen LogP) is 6.47. The summed E-state index contributed by atoms with van der Waals surface area (Å²) in [5.74, 6) is -1.36. The van der Waals surface area contributed by atoms with Crippen LogP contribution in [0.3, 0.4) is 0 Å². The van der Waals surface area contributed by atoms with Crippen LogP contribution in [0.15, 0.2) is 54.6 Å². The molecule has 0 aliphatic rings. The van der Waals surface area contributed by atoms with Crippen molar-refractivity contribution in [1.82, 2.24) is 0 Å². The van der Waals surface area contributed by atoms with Gasteiger partial charge in [-0.2, -0.15) is 0 Å². The summed E-state index contributed by atoms with van der Waals surface area (Å²) in [6.07, 6.45) is 1.16. The smallest absolute Gasteiger partial charge is 0.248 e. The van der Waals surface area contributed by atoms with Crippen molar-refractivity contribution >= 4 is 63.6 Å². The van der Waals surface area contributed by atoms with Gasteiger partial charge in [-0.1, -0.05) is 29.8 Å². The fraction of sp³-hybridized carbons (Fsp3) is 0.105. The Morgan fingerprint density at radius 2 is 2.00 bits per heavy atom. The monoisotopic (exact) mass is 457 g/mol. The second-order valence-electron chi connectivity index (χ2n) is 6.20. The number of hydrogen-bond donors (Lipinski definition) is 1. The van der Waals surface area contributed by atoms with Crippen molar-refractivity contribution in [2.75, 3.05) is 11.6 Å². The summed E-state index contributed by atoms with van der Waals surface area (Å²) in [6.45, 7) is 4.70. The first-order valence-corrected chi connectivity index (χ1v) is 11.8. The van der Waals surface area contributed by atoms with Crippen LogP contribution in [0.2, 0.25) is 10.0 Å². The number of halogens is 3. The van der Waals surface area contributed by atoms with Crippen molar-refractivity contribution in [3.8, 4) is 0 Å². The molecule has 2 atom stereocenters. The molecule has 1 amide bonds. The Labute approximate surface area is 175 Å². The lowest BCUT2D eigenvalue weighted by Crippen LogP contribution is -2.30. The number of fused-ring (bicyclic) bond motifs is 1. The van der Waals surface area contributed by atoms with Gasteiger partial charge in [0.2, 0.25) is 13.3 Å². The van der Waals surface area contributed by atoms with Gasteiger partial charge in [0, 0.05) is 27.6 Å². The third-order valence-electron chi connectivity index (χ3n) is 4.12. The third-order valence-corrected chi connectivity index (χ3v) is 7.01. The summed E-state index contributed by atoms with van der Waals surface area (Å²) in [5.41, 5.74) is -0.879. The Hall–Kier alpha value is -1.69. The van der Waals surface area contributed by atoms with Crippen LogP contribution in [-0.2, 0) is 9.36 Å². The number of carbonyl (C=O) groups excluding carboxylic acids is 1. The zero-order chi connectivity index (χ0) is 20.6. The van der Waals surface area contributed by atoms with Crippen molar-refractivity contribution in [1.29, 1.82) is 0 Å². The van der Waals surface area contributed by atoms with E-state index in [0.29, 0.717) is 16.0 Å². The second-order valence-corrected chi connectivity index (χ2v) is 10.4. The maximum absolute atomic E-state index is 13.8. The van der Waals surface area contributed by atoms with Crippen molar-refractivity contribution in [2.45, 2.75) is 5.66 Å². The van der Waals surface area contributed by atoms with Crippen LogP contribution in [0.1, 0.15) is 11.2 Å². The summed E-state index contributed by atoms with van der Waals surface area (Å²) >= 11 is 13.3. The van der Waals surface area contributed by atoms with Crippen molar-refractivity contribution in [3.63, 3.8) is 0 Å². The molecule has 0 aliphatic carbocycles. The highest BCUT2D eigenvalue weighted by atomic mass is 35.5. The topological polar surface area (TPSA) is 57.6 Å². The van der Waals surface area contributed by atoms with E-state index in [2.05, 4.69) is 6.58 Å². The fourth-order valence-electron chi connectivity index (χ4n) is 2.96. The molecule has 3 aromatic rings. The summed E-state index contributed by atoms with van der Waals surface area (Å²) in [6, 6.07) is 8.71. The lowest BCUT2D eigenvalue weighted by molar-refractivity contribution is -0.117. The van der Waals surface area contributed by atoms with Gasteiger partial charge in [0.25, 0.3) is 0 Å². The van der Waals surface area contributed by atoms with Crippen LogP contribution in [0, 0.1) is 5.82 Å². The van der Waals surface area contributed by atoms with E-state index in [-0.39, 0.29) is 10.7 Å². The van der Waals surface area contributed by atoms with E-state index in [1.54, 1.807) is 23.6 Å². The molecule has 28 heavy (non-hydrogen) atoms. The van der Waals surface area contributed by atoms with E-state index in [4.69, 9.17) is 23.2 Å². The van der Waals surface area contributed by atoms with E-state index in [1.807, 2.05) is 0 Å². The Morgan fingerprint density at radius 1 is 1.29 bits per heavy atom. The highest BCUT2D eigenvalue weighted by Crippen LogP contribution is 2.55. The van der Waals surface area contributed by atoms with Crippen LogP contribution >= 0.6 is 41.9 Å². The van der Waals surface area contributed by atoms with E-state index in [1.165, 1.54) is 17.4 Å². The van der Waals surface area contributed by atoms with E-state index >= 15 is 0 Å². The zero-order valence-electron chi connectivity index (χ0n) is 14.6. The average molecular weight is 458 g/mol. The minimum Gasteiger partial charge on any atom is -0.344 e. The zero-order valence-corrected chi connectivity index (χ0v) is 17.8. The first kappa shape index (κ1) is 21.0. The number of hydrogen-bond acceptors (Lipinski definition) is 3. The van der Waals surface area contributed by atoms with Crippen LogP contribution in [0.5, 0.6) is 0 Å². The van der Waals surface area contributed by atoms with Crippen LogP contribution < -0.4 is 4.90 Å². The molecule has 0 aliphatic heterocycles. The number of amides is 1. The fourth-order valence-corrected chi connectivity index (χ4v) is 5.68. The van der Waals surface area contributed by atoms with E-state index in [9.17, 15) is 18.6 Å². The highest BCUT2D eigenvalue weighted by Gasteiger charge is 2.39. The van der Waals surface area contributed by atoms with Crippen molar-refractivity contribution in [2.24, 2.45) is 0 Å². The summed E-state index contributed by atoms with van der Waals surface area (Å²) < 4.78 is 27.3. The number of thiophene rings is 1. The van der Waals surface area contributed by atoms with E-state index < -0.39 is 24.8 Å². The van der Waals surface area contributed by atoms with Gasteiger partial charge in [0.05, 0.1) is 5.69 Å². The molecule has 0 radical (unpaired) electrons. The SMILES string of the molecule is C=CN(C(=O)C(c1csc2ccc(Cl)cc12)P(C)(=O)O)c1cc(F)cc(Cl)c1. The lowest BCUT2D eigenvalue weighted by Gasteiger charge is -2.26.